The second kappa shape index (κ2) is 20.4. The van der Waals surface area contributed by atoms with E-state index in [1.165, 1.54) is 20.8 Å². The smallest absolute Gasteiger partial charge is 0.335 e. The third kappa shape index (κ3) is 9.06. The topological polar surface area (TPSA) is 321 Å². The van der Waals surface area contributed by atoms with Crippen LogP contribution in [-0.2, 0) is 61.9 Å². The van der Waals surface area contributed by atoms with Gasteiger partial charge in [-0.3, -0.25) is 14.4 Å². The molecule has 0 spiro atoms. The zero-order valence-corrected chi connectivity index (χ0v) is 43.7. The van der Waals surface area contributed by atoms with Crippen LogP contribution in [0.2, 0.25) is 0 Å². The van der Waals surface area contributed by atoms with Crippen LogP contribution in [0.4, 0.5) is 0 Å². The van der Waals surface area contributed by atoms with Crippen LogP contribution in [0.15, 0.2) is 23.3 Å². The minimum absolute atomic E-state index is 0.232. The minimum atomic E-state index is -2.01. The van der Waals surface area contributed by atoms with Gasteiger partial charge < -0.3 is 78.7 Å². The van der Waals surface area contributed by atoms with E-state index in [9.17, 15) is 64.8 Å². The van der Waals surface area contributed by atoms with Crippen molar-refractivity contribution in [2.45, 2.75) is 201 Å². The predicted octanol–water partition coefficient (Wildman–Crippen LogP) is 1.61. The zero-order chi connectivity index (χ0) is 54.3. The number of carboxylic acid groups (broad SMARTS) is 1. The van der Waals surface area contributed by atoms with Crippen molar-refractivity contribution in [3.63, 3.8) is 0 Å². The first-order valence-electron chi connectivity index (χ1n) is 25.5. The second-order valence-corrected chi connectivity index (χ2v) is 23.5. The number of fused-ring (bicyclic) bond motifs is 7. The predicted molar refractivity (Wildman–Crippen MR) is 251 cm³/mol. The summed E-state index contributed by atoms with van der Waals surface area (Å²) in [5.74, 6) is -5.74. The number of allylic oxidation sites excluding steroid dienone is 2. The van der Waals surface area contributed by atoms with Crippen LogP contribution >= 0.6 is 0 Å². The first-order valence-corrected chi connectivity index (χ1v) is 25.5. The fourth-order valence-electron chi connectivity index (χ4n) is 15.2. The maximum atomic E-state index is 13.9. The van der Waals surface area contributed by atoms with Gasteiger partial charge in [-0.2, -0.15) is 0 Å². The number of carbonyl (C=O) groups is 5. The molecule has 0 aromatic heterocycles. The summed E-state index contributed by atoms with van der Waals surface area (Å²) in [4.78, 5) is 66.4. The highest BCUT2D eigenvalue weighted by Gasteiger charge is 2.78. The fourth-order valence-corrected chi connectivity index (χ4v) is 15.2. The molecule has 412 valence electrons. The molecule has 2 saturated heterocycles. The molecule has 6 fully saturated rings. The van der Waals surface area contributed by atoms with Crippen LogP contribution < -0.4 is 0 Å². The van der Waals surface area contributed by atoms with E-state index >= 15 is 0 Å². The van der Waals surface area contributed by atoms with Gasteiger partial charge in [0.25, 0.3) is 0 Å². The lowest BCUT2D eigenvalue weighted by Gasteiger charge is -2.73. The fraction of sp³-hybridized carbons (Fsp3) is 0.827. The number of ether oxygens (including phenoxy) is 8. The highest BCUT2D eigenvalue weighted by atomic mass is 16.7. The molecule has 21 heteroatoms. The van der Waals surface area contributed by atoms with Crippen molar-refractivity contribution in [1.82, 2.24) is 0 Å². The van der Waals surface area contributed by atoms with Gasteiger partial charge in [-0.15, -0.1) is 0 Å². The van der Waals surface area contributed by atoms with Crippen LogP contribution in [0.3, 0.4) is 0 Å². The van der Waals surface area contributed by atoms with Crippen LogP contribution in [0.5, 0.6) is 0 Å². The summed E-state index contributed by atoms with van der Waals surface area (Å²) in [6.45, 7) is 17.2. The number of carboxylic acids is 1. The highest BCUT2D eigenvalue weighted by molar-refractivity contribution is 5.88. The number of esters is 4. The molecule has 7 aliphatic rings. The molecule has 4 saturated carbocycles. The van der Waals surface area contributed by atoms with Crippen molar-refractivity contribution >= 4 is 29.8 Å². The lowest BCUT2D eigenvalue weighted by Crippen LogP contribution is -2.77. The molecular formula is C52H78O21. The van der Waals surface area contributed by atoms with E-state index in [4.69, 9.17) is 37.9 Å². The number of hydrogen-bond donors (Lipinski definition) is 8. The maximum absolute atomic E-state index is 13.9. The molecule has 8 N–H and O–H groups in total. The quantitative estimate of drug-likeness (QED) is 0.0453. The largest absolute Gasteiger partial charge is 0.479 e. The van der Waals surface area contributed by atoms with E-state index in [1.54, 1.807) is 19.9 Å². The van der Waals surface area contributed by atoms with E-state index in [1.807, 2.05) is 27.7 Å². The number of hydrogen-bond acceptors (Lipinski definition) is 20. The summed E-state index contributed by atoms with van der Waals surface area (Å²) < 4.78 is 48.6. The Kier molecular flexibility index (Phi) is 16.0. The van der Waals surface area contributed by atoms with Gasteiger partial charge in [0, 0.05) is 42.6 Å². The summed E-state index contributed by atoms with van der Waals surface area (Å²) in [5, 5.41) is 87.4. The molecule has 0 aromatic rings. The number of carbonyl (C=O) groups excluding carboxylic acids is 4. The Hall–Kier alpha value is -3.61. The molecule has 0 radical (unpaired) electrons. The molecule has 0 aromatic carbocycles. The molecule has 0 unspecified atom stereocenters. The number of aliphatic hydroxyl groups is 7. The second-order valence-electron chi connectivity index (χ2n) is 23.5. The number of aliphatic carboxylic acids is 1. The Balaban J connectivity index is 1.29. The maximum Gasteiger partial charge on any atom is 0.335 e. The Labute approximate surface area is 425 Å². The van der Waals surface area contributed by atoms with Crippen LogP contribution in [0.25, 0.3) is 0 Å². The van der Waals surface area contributed by atoms with Crippen molar-refractivity contribution in [1.29, 1.82) is 0 Å². The first-order chi connectivity index (χ1) is 34.0. The van der Waals surface area contributed by atoms with Crippen molar-refractivity contribution in [3.05, 3.63) is 23.3 Å². The standard InChI is InChI=1S/C52H78O21/c1-12-23(2)44(65)73-41-39(67-24(3)55)47(6,7)19-28-27-13-14-31-48(8)17-16-32(70-46-36(62)37(35(61)38(72-46)43(63)64)71-45-34(60)33(59)29(58)20-66-45)49(9,21-53)30(48)15-18-50(31,10)51(27,11)40(68-25(4)56)42(69-26(5)57)52(28,41)22-54/h12-13,28-42,45-46,53-54,58-62H,14-22H2,1-11H3,(H,63,64)/t28-,29-,30+,31+,32-,33-,34+,35-,36+,37-,38-,39-,40-,41-,42+,45-,46+,48-,49-,50+,51-,52+/m0/s1. The highest BCUT2D eigenvalue weighted by Crippen LogP contribution is 2.77. The van der Waals surface area contributed by atoms with Crippen LogP contribution in [0, 0.1) is 50.2 Å². The van der Waals surface area contributed by atoms with E-state index in [-0.39, 0.29) is 30.3 Å². The van der Waals surface area contributed by atoms with E-state index in [0.717, 1.165) is 5.57 Å². The molecule has 2 aliphatic heterocycles. The van der Waals surface area contributed by atoms with Gasteiger partial charge in [0.1, 0.15) is 48.8 Å². The van der Waals surface area contributed by atoms with Gasteiger partial charge in [0.15, 0.2) is 30.9 Å². The first kappa shape index (κ1) is 57.1. The third-order valence-electron chi connectivity index (χ3n) is 19.2. The molecule has 0 amide bonds. The molecular weight excluding hydrogens is 961 g/mol. The van der Waals surface area contributed by atoms with Crippen LogP contribution in [0.1, 0.15) is 115 Å². The summed E-state index contributed by atoms with van der Waals surface area (Å²) in [5.41, 5.74) is -5.23. The molecule has 5 aliphatic carbocycles. The Bertz CT molecular complexity index is 2200. The summed E-state index contributed by atoms with van der Waals surface area (Å²) in [6, 6.07) is 0. The molecule has 22 atom stereocenters. The SMILES string of the molecule is CC=C(C)C(=O)O[C@H]1[C@H](OC(C)=O)C(C)(C)C[C@H]2C3=CC[C@@H]4[C@@]5(C)CC[C@H](O[C@@H]6O[C@H](C(=O)O)[C@@H](O)[C@H](O[C@@H]7OC[C@H](O)[C@H](O)[C@H]7O)[C@H]6O)[C@@](C)(CO)[C@@H]5CC[C@@]4(C)[C@]3(C)[C@@H](OC(C)=O)[C@@H](OC(C)=O)[C@]21CO. The average molecular weight is 1040 g/mol. The van der Waals surface area contributed by atoms with Gasteiger partial charge in [-0.1, -0.05) is 59.3 Å². The molecule has 21 nitrogen and oxygen atoms in total. The van der Waals surface area contributed by atoms with E-state index < -0.39 is 174 Å². The van der Waals surface area contributed by atoms with Crippen LogP contribution in [-0.4, -0.2) is 176 Å². The Morgan fingerprint density at radius 2 is 1.32 bits per heavy atom. The van der Waals surface area contributed by atoms with Gasteiger partial charge in [-0.05, 0) is 81.0 Å². The summed E-state index contributed by atoms with van der Waals surface area (Å²) >= 11 is 0. The van der Waals surface area contributed by atoms with Crippen molar-refractivity contribution in [2.24, 2.45) is 50.2 Å². The summed E-state index contributed by atoms with van der Waals surface area (Å²) in [6.07, 6.45) is -16.3. The van der Waals surface area contributed by atoms with Crippen molar-refractivity contribution in [2.75, 3.05) is 19.8 Å². The Morgan fingerprint density at radius 3 is 1.89 bits per heavy atom. The van der Waals surface area contributed by atoms with E-state index in [2.05, 4.69) is 19.9 Å². The minimum Gasteiger partial charge on any atom is -0.479 e. The monoisotopic (exact) mass is 1040 g/mol. The van der Waals surface area contributed by atoms with Gasteiger partial charge in [0.05, 0.1) is 31.3 Å². The van der Waals surface area contributed by atoms with Crippen molar-refractivity contribution < 1.29 is 103 Å². The van der Waals surface area contributed by atoms with E-state index in [0.29, 0.717) is 25.7 Å². The third-order valence-corrected chi connectivity index (χ3v) is 19.2. The van der Waals surface area contributed by atoms with Gasteiger partial charge in [-0.25, -0.2) is 9.59 Å². The van der Waals surface area contributed by atoms with Gasteiger partial charge in [0.2, 0.25) is 0 Å². The molecule has 0 bridgehead atoms. The van der Waals surface area contributed by atoms with Gasteiger partial charge >= 0.3 is 29.8 Å². The zero-order valence-electron chi connectivity index (χ0n) is 43.7. The average Bonchev–Trinajstić information content (AvgIpc) is 3.31. The Morgan fingerprint density at radius 1 is 0.712 bits per heavy atom. The summed E-state index contributed by atoms with van der Waals surface area (Å²) in [7, 11) is 0. The lowest BCUT2D eigenvalue weighted by molar-refractivity contribution is -0.358. The molecule has 7 rings (SSSR count). The normalized spacial score (nSPS) is 47.2. The number of aliphatic hydroxyl groups excluding tert-OH is 7. The lowest BCUT2D eigenvalue weighted by atomic mass is 9.32. The number of rotatable bonds is 12. The molecule has 73 heavy (non-hydrogen) atoms. The van der Waals surface area contributed by atoms with Crippen molar-refractivity contribution in [3.8, 4) is 0 Å². The molecule has 2 heterocycles.